The molecule has 1 N–H and O–H groups in total. The van der Waals surface area contributed by atoms with Gasteiger partial charge in [0.05, 0.1) is 19.3 Å². The molecule has 3 unspecified atom stereocenters. The van der Waals surface area contributed by atoms with E-state index in [1.54, 1.807) is 6.92 Å². The van der Waals surface area contributed by atoms with E-state index in [9.17, 15) is 9.59 Å². The van der Waals surface area contributed by atoms with Crippen LogP contribution in [0.5, 0.6) is 5.75 Å². The van der Waals surface area contributed by atoms with E-state index in [0.717, 1.165) is 24.7 Å². The third-order valence-electron chi connectivity index (χ3n) is 4.73. The smallest absolute Gasteiger partial charge is 0.344 e. The van der Waals surface area contributed by atoms with Gasteiger partial charge in [-0.2, -0.15) is 0 Å². The van der Waals surface area contributed by atoms with Crippen LogP contribution in [0, 0.1) is 5.92 Å². The first-order valence-corrected chi connectivity index (χ1v) is 8.95. The number of esters is 1. The minimum absolute atomic E-state index is 0.141. The summed E-state index contributed by atoms with van der Waals surface area (Å²) in [5.74, 6) is 0.776. The van der Waals surface area contributed by atoms with Crippen LogP contribution in [-0.4, -0.2) is 43.7 Å². The van der Waals surface area contributed by atoms with Crippen LogP contribution >= 0.6 is 0 Å². The molecule has 6 heteroatoms. The summed E-state index contributed by atoms with van der Waals surface area (Å²) in [7, 11) is 0. The molecule has 1 aromatic rings. The molecule has 1 saturated carbocycles. The number of rotatable bonds is 11. The van der Waals surface area contributed by atoms with Gasteiger partial charge in [-0.1, -0.05) is 24.3 Å². The van der Waals surface area contributed by atoms with Gasteiger partial charge in [-0.3, -0.25) is 0 Å². The van der Waals surface area contributed by atoms with Gasteiger partial charge in [-0.15, -0.1) is 0 Å². The molecule has 1 aromatic carbocycles. The number of carbonyl (C=O) groups is 2. The number of epoxide rings is 1. The van der Waals surface area contributed by atoms with Gasteiger partial charge in [0.1, 0.15) is 18.6 Å². The van der Waals surface area contributed by atoms with Crippen molar-refractivity contribution >= 4 is 12.3 Å². The van der Waals surface area contributed by atoms with Crippen molar-refractivity contribution in [3.8, 4) is 5.75 Å². The van der Waals surface area contributed by atoms with Crippen LogP contribution in [0.3, 0.4) is 0 Å². The van der Waals surface area contributed by atoms with E-state index in [4.69, 9.17) is 14.2 Å². The second-order valence-corrected chi connectivity index (χ2v) is 6.85. The highest BCUT2D eigenvalue weighted by atomic mass is 16.7. The minimum Gasteiger partial charge on any atom is -0.490 e. The SMILES string of the molecule is C=C1CC1CC(C=O)NCc1ccc(OCC2(C(=O)OCC)CO2)cc1. The van der Waals surface area contributed by atoms with Gasteiger partial charge in [-0.25, -0.2) is 4.79 Å². The van der Waals surface area contributed by atoms with Crippen molar-refractivity contribution in [2.75, 3.05) is 19.8 Å². The molecule has 0 bridgehead atoms. The fourth-order valence-electron chi connectivity index (χ4n) is 2.76. The maximum Gasteiger partial charge on any atom is 0.344 e. The summed E-state index contributed by atoms with van der Waals surface area (Å²) in [6.07, 6.45) is 2.82. The molecule has 1 aliphatic carbocycles. The Labute approximate surface area is 153 Å². The number of carbonyl (C=O) groups excluding carboxylic acids is 2. The molecular formula is C20H25NO5. The lowest BCUT2D eigenvalue weighted by molar-refractivity contribution is -0.150. The Bertz CT molecular complexity index is 665. The highest BCUT2D eigenvalue weighted by molar-refractivity contribution is 5.82. The molecule has 26 heavy (non-hydrogen) atoms. The van der Waals surface area contributed by atoms with Crippen molar-refractivity contribution in [1.29, 1.82) is 0 Å². The minimum atomic E-state index is -0.944. The van der Waals surface area contributed by atoms with Crippen molar-refractivity contribution in [2.45, 2.75) is 38.0 Å². The molecule has 1 aliphatic heterocycles. The van der Waals surface area contributed by atoms with Gasteiger partial charge in [0.15, 0.2) is 0 Å². The standard InChI is InChI=1S/C20H25NO5/c1-3-24-19(23)20(13-26-20)12-25-18-6-4-15(5-7-18)10-21-17(11-22)9-16-8-14(16)2/h4-7,11,16-17,21H,2-3,8-10,12-13H2,1H3. The molecule has 0 aromatic heterocycles. The average Bonchev–Trinajstić information content (AvgIpc) is 3.56. The summed E-state index contributed by atoms with van der Waals surface area (Å²) in [5, 5.41) is 3.26. The van der Waals surface area contributed by atoms with Crippen LogP contribution in [0.25, 0.3) is 0 Å². The van der Waals surface area contributed by atoms with E-state index in [-0.39, 0.29) is 18.6 Å². The Morgan fingerprint density at radius 2 is 2.15 bits per heavy atom. The van der Waals surface area contributed by atoms with Crippen LogP contribution in [0.1, 0.15) is 25.3 Å². The molecule has 1 saturated heterocycles. The lowest BCUT2D eigenvalue weighted by Crippen LogP contribution is -2.33. The van der Waals surface area contributed by atoms with Gasteiger partial charge in [0.25, 0.3) is 0 Å². The Hall–Kier alpha value is -2.18. The number of ether oxygens (including phenoxy) is 3. The van der Waals surface area contributed by atoms with Crippen molar-refractivity contribution in [3.63, 3.8) is 0 Å². The van der Waals surface area contributed by atoms with Gasteiger partial charge in [-0.05, 0) is 43.4 Å². The van der Waals surface area contributed by atoms with Gasteiger partial charge < -0.3 is 24.3 Å². The Morgan fingerprint density at radius 1 is 1.46 bits per heavy atom. The molecule has 6 nitrogen and oxygen atoms in total. The highest BCUT2D eigenvalue weighted by Crippen LogP contribution is 2.39. The zero-order valence-electron chi connectivity index (χ0n) is 15.0. The number of hydrogen-bond acceptors (Lipinski definition) is 6. The molecule has 3 atom stereocenters. The summed E-state index contributed by atoms with van der Waals surface area (Å²) in [4.78, 5) is 23.0. The second-order valence-electron chi connectivity index (χ2n) is 6.85. The number of benzene rings is 1. The number of aldehydes is 1. The zero-order valence-corrected chi connectivity index (χ0v) is 15.0. The maximum absolute atomic E-state index is 11.8. The van der Waals surface area contributed by atoms with E-state index >= 15 is 0 Å². The van der Waals surface area contributed by atoms with Crippen LogP contribution in [-0.2, 0) is 25.6 Å². The van der Waals surface area contributed by atoms with Crippen molar-refractivity contribution in [1.82, 2.24) is 5.32 Å². The number of nitrogens with one attached hydrogen (secondary N) is 1. The third kappa shape index (κ3) is 4.71. The fourth-order valence-corrected chi connectivity index (χ4v) is 2.76. The van der Waals surface area contributed by atoms with Gasteiger partial charge >= 0.3 is 5.97 Å². The van der Waals surface area contributed by atoms with Gasteiger partial charge in [0.2, 0.25) is 5.60 Å². The molecule has 3 rings (SSSR count). The number of hydrogen-bond donors (Lipinski definition) is 1. The topological polar surface area (TPSA) is 77.2 Å². The summed E-state index contributed by atoms with van der Waals surface area (Å²) < 4.78 is 15.9. The zero-order chi connectivity index (χ0) is 18.6. The summed E-state index contributed by atoms with van der Waals surface area (Å²) in [6.45, 7) is 7.09. The molecule has 0 amide bonds. The first-order chi connectivity index (χ1) is 12.6. The average molecular weight is 359 g/mol. The van der Waals surface area contributed by atoms with E-state index in [1.807, 2.05) is 24.3 Å². The normalized spacial score (nSPS) is 24.7. The lowest BCUT2D eigenvalue weighted by atomic mass is 10.1. The van der Waals surface area contributed by atoms with E-state index in [2.05, 4.69) is 11.9 Å². The molecule has 2 aliphatic rings. The third-order valence-corrected chi connectivity index (χ3v) is 4.73. The van der Waals surface area contributed by atoms with Crippen molar-refractivity contribution in [3.05, 3.63) is 42.0 Å². The predicted molar refractivity (Wildman–Crippen MR) is 95.8 cm³/mol. The van der Waals surface area contributed by atoms with Crippen molar-refractivity contribution < 1.29 is 23.8 Å². The fraction of sp³-hybridized carbons (Fsp3) is 0.500. The Balaban J connectivity index is 1.44. The summed E-state index contributed by atoms with van der Waals surface area (Å²) >= 11 is 0. The van der Waals surface area contributed by atoms with Crippen LogP contribution in [0.4, 0.5) is 0 Å². The first kappa shape index (κ1) is 18.6. The lowest BCUT2D eigenvalue weighted by Gasteiger charge is -2.14. The Morgan fingerprint density at radius 3 is 2.69 bits per heavy atom. The second kappa shape index (κ2) is 8.01. The van der Waals surface area contributed by atoms with Crippen molar-refractivity contribution in [2.24, 2.45) is 5.92 Å². The van der Waals surface area contributed by atoms with E-state index < -0.39 is 5.60 Å². The van der Waals surface area contributed by atoms with Crippen LogP contribution in [0.2, 0.25) is 0 Å². The van der Waals surface area contributed by atoms with Gasteiger partial charge in [0, 0.05) is 6.54 Å². The van der Waals surface area contributed by atoms with Crippen LogP contribution in [0.15, 0.2) is 36.4 Å². The highest BCUT2D eigenvalue weighted by Gasteiger charge is 2.55. The molecule has 1 heterocycles. The number of allylic oxidation sites excluding steroid dienone is 1. The summed E-state index contributed by atoms with van der Waals surface area (Å²) in [6, 6.07) is 7.41. The predicted octanol–water partition coefficient (Wildman–Crippen LogP) is 2.02. The molecular weight excluding hydrogens is 334 g/mol. The van der Waals surface area contributed by atoms with E-state index in [1.165, 1.54) is 5.57 Å². The largest absolute Gasteiger partial charge is 0.490 e. The molecule has 0 radical (unpaired) electrons. The molecule has 0 spiro atoms. The maximum atomic E-state index is 11.8. The first-order valence-electron chi connectivity index (χ1n) is 8.95. The van der Waals surface area contributed by atoms with E-state index in [0.29, 0.717) is 31.4 Å². The monoisotopic (exact) mass is 359 g/mol. The molecule has 140 valence electrons. The quantitative estimate of drug-likeness (QED) is 0.282. The molecule has 2 fully saturated rings. The Kier molecular flexibility index (Phi) is 5.74. The van der Waals surface area contributed by atoms with Crippen LogP contribution < -0.4 is 10.1 Å². The summed E-state index contributed by atoms with van der Waals surface area (Å²) in [5.41, 5.74) is 1.35.